The Balaban J connectivity index is 2.07. The first-order valence-corrected chi connectivity index (χ1v) is 5.80. The monoisotopic (exact) mass is 254 g/mol. The Morgan fingerprint density at radius 2 is 2.05 bits per heavy atom. The summed E-state index contributed by atoms with van der Waals surface area (Å²) in [5, 5.41) is 10.8. The predicted molar refractivity (Wildman–Crippen MR) is 71.9 cm³/mol. The van der Waals surface area contributed by atoms with Gasteiger partial charge in [0.05, 0.1) is 22.3 Å². The molecule has 0 saturated heterocycles. The molecule has 3 rings (SSSR count). The first-order chi connectivity index (χ1) is 9.65. The number of benzene rings is 2. The maximum atomic E-state index is 10.8. The van der Waals surface area contributed by atoms with Crippen molar-refractivity contribution in [2.24, 2.45) is 0 Å². The fourth-order valence-electron chi connectivity index (χ4n) is 2.00. The van der Waals surface area contributed by atoms with Gasteiger partial charge >= 0.3 is 0 Å². The van der Waals surface area contributed by atoms with Crippen molar-refractivity contribution in [2.75, 3.05) is 0 Å². The van der Waals surface area contributed by atoms with Crippen LogP contribution >= 0.6 is 0 Å². The lowest BCUT2D eigenvalue weighted by atomic mass is 10.2. The van der Waals surface area contributed by atoms with Crippen LogP contribution in [0, 0.1) is 10.1 Å². The van der Waals surface area contributed by atoms with Crippen molar-refractivity contribution in [3.63, 3.8) is 0 Å². The summed E-state index contributed by atoms with van der Waals surface area (Å²) in [5.41, 5.74) is 2.24. The molecule has 0 bridgehead atoms. The van der Waals surface area contributed by atoms with E-state index in [0.29, 0.717) is 12.1 Å². The van der Waals surface area contributed by atoms with Crippen LogP contribution in [-0.2, 0) is 6.54 Å². The molecule has 5 nitrogen and oxygen atoms in total. The summed E-state index contributed by atoms with van der Waals surface area (Å²) in [7, 11) is 0. The number of nitrogens with zero attached hydrogens (tertiary/aromatic N) is 3. The van der Waals surface area contributed by atoms with Gasteiger partial charge < -0.3 is 4.57 Å². The van der Waals surface area contributed by atoms with Gasteiger partial charge in [0.1, 0.15) is 1.37 Å². The summed E-state index contributed by atoms with van der Waals surface area (Å²) in [5.74, 6) is 0. The number of hydrogen-bond acceptors (Lipinski definition) is 3. The van der Waals surface area contributed by atoms with Gasteiger partial charge in [-0.1, -0.05) is 30.3 Å². The van der Waals surface area contributed by atoms with E-state index < -0.39 is 4.92 Å². The SMILES string of the molecule is [2H]c1nc2cc([N+](=O)[O-])ccc2n1Cc1ccccc1. The summed E-state index contributed by atoms with van der Waals surface area (Å²) in [6.07, 6.45) is 0.101. The molecule has 0 aliphatic carbocycles. The van der Waals surface area contributed by atoms with E-state index in [9.17, 15) is 10.1 Å². The molecule has 0 N–H and O–H groups in total. The zero-order valence-electron chi connectivity index (χ0n) is 11.0. The molecule has 0 radical (unpaired) electrons. The van der Waals surface area contributed by atoms with E-state index in [1.165, 1.54) is 12.1 Å². The molecular formula is C14H11N3O2. The zero-order chi connectivity index (χ0) is 14.1. The highest BCUT2D eigenvalue weighted by Gasteiger charge is 2.09. The summed E-state index contributed by atoms with van der Waals surface area (Å²) < 4.78 is 9.64. The predicted octanol–water partition coefficient (Wildman–Crippen LogP) is 2.99. The highest BCUT2D eigenvalue weighted by molar-refractivity contribution is 5.78. The fraction of sp³-hybridized carbons (Fsp3) is 0.0714. The van der Waals surface area contributed by atoms with Crippen LogP contribution in [0.5, 0.6) is 0 Å². The van der Waals surface area contributed by atoms with Gasteiger partial charge in [0.15, 0.2) is 0 Å². The van der Waals surface area contributed by atoms with E-state index in [1.807, 2.05) is 30.3 Å². The molecule has 5 heteroatoms. The number of imidazole rings is 1. The van der Waals surface area contributed by atoms with E-state index in [1.54, 1.807) is 10.6 Å². The Hall–Kier alpha value is -2.69. The van der Waals surface area contributed by atoms with Crippen LogP contribution in [0.15, 0.2) is 54.8 Å². The minimum absolute atomic E-state index is 0.0122. The molecule has 0 aliphatic heterocycles. The normalized spacial score (nSPS) is 11.5. The summed E-state index contributed by atoms with van der Waals surface area (Å²) in [6, 6.07) is 14.2. The first kappa shape index (κ1) is 10.3. The molecule has 1 aromatic heterocycles. The molecule has 1 heterocycles. The van der Waals surface area contributed by atoms with Crippen LogP contribution < -0.4 is 0 Å². The van der Waals surface area contributed by atoms with Crippen molar-refractivity contribution in [3.05, 3.63) is 70.5 Å². The van der Waals surface area contributed by atoms with E-state index in [2.05, 4.69) is 4.98 Å². The molecule has 0 aliphatic rings. The summed E-state index contributed by atoms with van der Waals surface area (Å²) >= 11 is 0. The second-order valence-corrected chi connectivity index (χ2v) is 4.21. The van der Waals surface area contributed by atoms with Gasteiger partial charge in [-0.25, -0.2) is 4.98 Å². The van der Waals surface area contributed by atoms with Crippen molar-refractivity contribution < 1.29 is 6.29 Å². The first-order valence-electron chi connectivity index (χ1n) is 6.30. The fourth-order valence-corrected chi connectivity index (χ4v) is 2.00. The molecule has 19 heavy (non-hydrogen) atoms. The summed E-state index contributed by atoms with van der Waals surface area (Å²) in [4.78, 5) is 14.4. The van der Waals surface area contributed by atoms with E-state index in [4.69, 9.17) is 1.37 Å². The molecule has 0 atom stereocenters. The van der Waals surface area contributed by atoms with Gasteiger partial charge in [-0.05, 0) is 11.6 Å². The number of rotatable bonds is 3. The second-order valence-electron chi connectivity index (χ2n) is 4.21. The van der Waals surface area contributed by atoms with Gasteiger partial charge in [-0.15, -0.1) is 0 Å². The van der Waals surface area contributed by atoms with Crippen molar-refractivity contribution >= 4 is 16.7 Å². The molecule has 3 aromatic rings. The molecule has 0 spiro atoms. The quantitative estimate of drug-likeness (QED) is 0.533. The Morgan fingerprint density at radius 1 is 1.26 bits per heavy atom. The van der Waals surface area contributed by atoms with E-state index in [0.717, 1.165) is 11.1 Å². The Bertz CT molecular complexity index is 784. The van der Waals surface area contributed by atoms with Crippen LogP contribution in [0.25, 0.3) is 11.0 Å². The number of aromatic nitrogens is 2. The van der Waals surface area contributed by atoms with Crippen molar-refractivity contribution in [2.45, 2.75) is 6.54 Å². The highest BCUT2D eigenvalue weighted by atomic mass is 16.6. The average molecular weight is 254 g/mol. The maximum absolute atomic E-state index is 10.8. The molecule has 0 unspecified atom stereocenters. The van der Waals surface area contributed by atoms with Gasteiger partial charge in [0, 0.05) is 18.7 Å². The number of nitro benzene ring substituents is 1. The Kier molecular flexibility index (Phi) is 2.44. The molecule has 0 saturated carbocycles. The average Bonchev–Trinajstić information content (AvgIpc) is 2.75. The largest absolute Gasteiger partial charge is 0.326 e. The molecule has 94 valence electrons. The minimum atomic E-state index is -0.459. The Morgan fingerprint density at radius 3 is 2.79 bits per heavy atom. The van der Waals surface area contributed by atoms with Crippen LogP contribution in [0.1, 0.15) is 6.93 Å². The van der Waals surface area contributed by atoms with Crippen molar-refractivity contribution in [1.82, 2.24) is 9.55 Å². The van der Waals surface area contributed by atoms with Crippen molar-refractivity contribution in [1.29, 1.82) is 0 Å². The van der Waals surface area contributed by atoms with Crippen molar-refractivity contribution in [3.8, 4) is 0 Å². The number of nitro groups is 1. The summed E-state index contributed by atoms with van der Waals surface area (Å²) in [6.45, 7) is 0.522. The molecule has 0 fully saturated rings. The van der Waals surface area contributed by atoms with Gasteiger partial charge in [-0.3, -0.25) is 10.1 Å². The molecule has 2 aromatic carbocycles. The topological polar surface area (TPSA) is 61.0 Å². The van der Waals surface area contributed by atoms with Crippen LogP contribution in [0.3, 0.4) is 0 Å². The standard InChI is InChI=1S/C14H11N3O2/c18-17(19)12-6-7-14-13(8-12)15-10-16(14)9-11-4-2-1-3-5-11/h1-8,10H,9H2/i10D. The second kappa shape index (κ2) is 4.53. The molecule has 0 amide bonds. The van der Waals surface area contributed by atoms with Gasteiger partial charge in [-0.2, -0.15) is 0 Å². The maximum Gasteiger partial charge on any atom is 0.271 e. The van der Waals surface area contributed by atoms with Crippen LogP contribution in [0.4, 0.5) is 5.69 Å². The lowest BCUT2D eigenvalue weighted by Gasteiger charge is -2.04. The third-order valence-corrected chi connectivity index (χ3v) is 2.94. The van der Waals surface area contributed by atoms with Crippen LogP contribution in [-0.4, -0.2) is 14.5 Å². The third kappa shape index (κ3) is 2.18. The van der Waals surface area contributed by atoms with E-state index >= 15 is 0 Å². The lowest BCUT2D eigenvalue weighted by Crippen LogP contribution is -1.97. The Labute approximate surface area is 110 Å². The molecular weight excluding hydrogens is 242 g/mol. The van der Waals surface area contributed by atoms with Gasteiger partial charge in [0.2, 0.25) is 0 Å². The lowest BCUT2D eigenvalue weighted by molar-refractivity contribution is -0.384. The third-order valence-electron chi connectivity index (χ3n) is 2.94. The van der Waals surface area contributed by atoms with E-state index in [-0.39, 0.29) is 12.0 Å². The number of hydrogen-bond donors (Lipinski definition) is 0. The smallest absolute Gasteiger partial charge is 0.271 e. The minimum Gasteiger partial charge on any atom is -0.326 e. The number of fused-ring (bicyclic) bond motifs is 1. The highest BCUT2D eigenvalue weighted by Crippen LogP contribution is 2.20. The zero-order valence-corrected chi connectivity index (χ0v) is 9.98. The number of non-ortho nitro benzene ring substituents is 1. The van der Waals surface area contributed by atoms with Crippen LogP contribution in [0.2, 0.25) is 0 Å². The van der Waals surface area contributed by atoms with Gasteiger partial charge in [0.25, 0.3) is 5.69 Å².